The Kier molecular flexibility index (Phi) is 2.28. The number of aromatic nitrogens is 4. The molecular weight excluding hydrogens is 198 g/mol. The first kappa shape index (κ1) is 9.26. The molecular formula is C8H11N5S. The van der Waals surface area contributed by atoms with Gasteiger partial charge in [0.2, 0.25) is 0 Å². The number of H-pyrrole nitrogens is 1. The number of anilines is 1. The van der Waals surface area contributed by atoms with Crippen LogP contribution in [-0.4, -0.2) is 26.2 Å². The summed E-state index contributed by atoms with van der Waals surface area (Å²) in [6, 6.07) is 0. The van der Waals surface area contributed by atoms with Gasteiger partial charge in [-0.2, -0.15) is 0 Å². The molecule has 6 heteroatoms. The summed E-state index contributed by atoms with van der Waals surface area (Å²) < 4.78 is 0. The number of nitrogen functional groups attached to an aromatic ring is 1. The second-order valence-corrected chi connectivity index (χ2v) is 3.60. The van der Waals surface area contributed by atoms with Crippen molar-refractivity contribution in [2.45, 2.75) is 18.5 Å². The van der Waals surface area contributed by atoms with Gasteiger partial charge in [-0.25, -0.2) is 15.0 Å². The van der Waals surface area contributed by atoms with Gasteiger partial charge in [0.05, 0.1) is 0 Å². The van der Waals surface area contributed by atoms with Crippen molar-refractivity contribution in [1.29, 1.82) is 0 Å². The van der Waals surface area contributed by atoms with Gasteiger partial charge in [0.15, 0.2) is 16.6 Å². The average Bonchev–Trinajstić information content (AvgIpc) is 2.61. The zero-order valence-electron chi connectivity index (χ0n) is 8.03. The van der Waals surface area contributed by atoms with Crippen molar-refractivity contribution in [3.63, 3.8) is 0 Å². The number of nitrogens with zero attached hydrogens (tertiary/aromatic N) is 3. The van der Waals surface area contributed by atoms with E-state index in [2.05, 4.69) is 19.9 Å². The third-order valence-electron chi connectivity index (χ3n) is 1.93. The lowest BCUT2D eigenvalue weighted by molar-refractivity contribution is 0.985. The smallest absolute Gasteiger partial charge is 0.191 e. The van der Waals surface area contributed by atoms with E-state index in [1.807, 2.05) is 13.2 Å². The molecule has 0 aromatic carbocycles. The summed E-state index contributed by atoms with van der Waals surface area (Å²) in [6.07, 6.45) is 2.75. The van der Waals surface area contributed by atoms with Crippen LogP contribution in [0.15, 0.2) is 5.16 Å². The van der Waals surface area contributed by atoms with Crippen LogP contribution in [0.25, 0.3) is 11.2 Å². The van der Waals surface area contributed by atoms with Gasteiger partial charge in [0.1, 0.15) is 11.3 Å². The van der Waals surface area contributed by atoms with E-state index in [-0.39, 0.29) is 0 Å². The molecule has 0 bridgehead atoms. The molecule has 2 aromatic heterocycles. The first-order valence-electron chi connectivity index (χ1n) is 4.30. The fraction of sp³-hybridized carbons (Fsp3) is 0.375. The Balaban J connectivity index is 2.67. The summed E-state index contributed by atoms with van der Waals surface area (Å²) in [5.41, 5.74) is 7.15. The molecule has 74 valence electrons. The largest absolute Gasteiger partial charge is 0.382 e. The number of hydrogen-bond acceptors (Lipinski definition) is 5. The van der Waals surface area contributed by atoms with Crippen molar-refractivity contribution in [3.05, 3.63) is 5.82 Å². The van der Waals surface area contributed by atoms with Gasteiger partial charge < -0.3 is 10.7 Å². The third kappa shape index (κ3) is 1.41. The highest BCUT2D eigenvalue weighted by Gasteiger charge is 2.08. The van der Waals surface area contributed by atoms with Crippen LogP contribution in [0.1, 0.15) is 12.7 Å². The van der Waals surface area contributed by atoms with Crippen LogP contribution in [0, 0.1) is 0 Å². The SMILES string of the molecule is CCc1nc2nc(SC)nc(N)c2[nH]1. The molecule has 2 heterocycles. The Morgan fingerprint density at radius 2 is 2.14 bits per heavy atom. The number of imidazole rings is 1. The van der Waals surface area contributed by atoms with Gasteiger partial charge in [0.25, 0.3) is 0 Å². The van der Waals surface area contributed by atoms with Crippen molar-refractivity contribution >= 4 is 28.7 Å². The lowest BCUT2D eigenvalue weighted by atomic mass is 10.5. The van der Waals surface area contributed by atoms with Gasteiger partial charge in [-0.1, -0.05) is 18.7 Å². The third-order valence-corrected chi connectivity index (χ3v) is 2.47. The Bertz CT molecular complexity index is 464. The number of aromatic amines is 1. The number of hydrogen-bond donors (Lipinski definition) is 2. The average molecular weight is 209 g/mol. The van der Waals surface area contributed by atoms with Crippen molar-refractivity contribution in [2.75, 3.05) is 12.0 Å². The second-order valence-electron chi connectivity index (χ2n) is 2.83. The van der Waals surface area contributed by atoms with Crippen LogP contribution >= 0.6 is 11.8 Å². The zero-order chi connectivity index (χ0) is 10.1. The quantitative estimate of drug-likeness (QED) is 0.574. The molecule has 5 nitrogen and oxygen atoms in total. The zero-order valence-corrected chi connectivity index (χ0v) is 8.85. The van der Waals surface area contributed by atoms with Crippen LogP contribution in [0.2, 0.25) is 0 Å². The van der Waals surface area contributed by atoms with Gasteiger partial charge in [0, 0.05) is 6.42 Å². The topological polar surface area (TPSA) is 80.5 Å². The number of nitrogens with one attached hydrogen (secondary N) is 1. The minimum absolute atomic E-state index is 0.464. The van der Waals surface area contributed by atoms with Crippen molar-refractivity contribution in [1.82, 2.24) is 19.9 Å². The summed E-state index contributed by atoms with van der Waals surface area (Å²) in [4.78, 5) is 15.8. The van der Waals surface area contributed by atoms with Gasteiger partial charge in [-0.05, 0) is 6.26 Å². The highest BCUT2D eigenvalue weighted by molar-refractivity contribution is 7.98. The Morgan fingerprint density at radius 1 is 1.36 bits per heavy atom. The molecule has 0 aliphatic carbocycles. The molecule has 0 saturated carbocycles. The van der Waals surface area contributed by atoms with Crippen molar-refractivity contribution in [2.24, 2.45) is 0 Å². The molecule has 0 saturated heterocycles. The molecule has 0 unspecified atom stereocenters. The summed E-state index contributed by atoms with van der Waals surface area (Å²) in [7, 11) is 0. The van der Waals surface area contributed by atoms with Gasteiger partial charge in [-0.15, -0.1) is 0 Å². The van der Waals surface area contributed by atoms with E-state index in [4.69, 9.17) is 5.73 Å². The number of rotatable bonds is 2. The highest BCUT2D eigenvalue weighted by atomic mass is 32.2. The predicted molar refractivity (Wildman–Crippen MR) is 57.3 cm³/mol. The van der Waals surface area contributed by atoms with Crippen LogP contribution < -0.4 is 5.73 Å². The fourth-order valence-electron chi connectivity index (χ4n) is 1.20. The predicted octanol–water partition coefficient (Wildman–Crippen LogP) is 1.22. The summed E-state index contributed by atoms with van der Waals surface area (Å²) in [5, 5.41) is 0.657. The van der Waals surface area contributed by atoms with E-state index in [9.17, 15) is 0 Å². The first-order chi connectivity index (χ1) is 6.74. The lowest BCUT2D eigenvalue weighted by Crippen LogP contribution is -1.95. The normalized spacial score (nSPS) is 11.0. The van der Waals surface area contributed by atoms with E-state index in [1.165, 1.54) is 11.8 Å². The standard InChI is InChI=1S/C8H11N5S/c1-3-4-10-5-6(9)12-8(14-2)13-7(5)11-4/h3H2,1-2H3,(H3,9,10,11,12,13). The van der Waals surface area contributed by atoms with E-state index in [1.54, 1.807) is 0 Å². The Labute approximate surface area is 85.5 Å². The number of aryl methyl sites for hydroxylation is 1. The van der Waals surface area contributed by atoms with E-state index < -0.39 is 0 Å². The lowest BCUT2D eigenvalue weighted by Gasteiger charge is -1.96. The number of fused-ring (bicyclic) bond motifs is 1. The highest BCUT2D eigenvalue weighted by Crippen LogP contribution is 2.19. The minimum atomic E-state index is 0.464. The van der Waals surface area contributed by atoms with Crippen LogP contribution in [0.3, 0.4) is 0 Å². The second kappa shape index (κ2) is 3.45. The van der Waals surface area contributed by atoms with E-state index >= 15 is 0 Å². The Hall–Kier alpha value is -1.30. The summed E-state index contributed by atoms with van der Waals surface area (Å²) >= 11 is 1.46. The van der Waals surface area contributed by atoms with Crippen LogP contribution in [-0.2, 0) is 6.42 Å². The molecule has 0 aliphatic heterocycles. The molecule has 2 rings (SSSR count). The molecule has 2 aromatic rings. The molecule has 3 N–H and O–H groups in total. The van der Waals surface area contributed by atoms with E-state index in [0.717, 1.165) is 17.8 Å². The summed E-state index contributed by atoms with van der Waals surface area (Å²) in [5.74, 6) is 1.35. The van der Waals surface area contributed by atoms with Crippen LogP contribution in [0.5, 0.6) is 0 Å². The van der Waals surface area contributed by atoms with Gasteiger partial charge >= 0.3 is 0 Å². The Morgan fingerprint density at radius 3 is 2.79 bits per heavy atom. The fourth-order valence-corrected chi connectivity index (χ4v) is 1.57. The first-order valence-corrected chi connectivity index (χ1v) is 5.53. The monoisotopic (exact) mass is 209 g/mol. The molecule has 0 atom stereocenters. The maximum absolute atomic E-state index is 5.76. The maximum atomic E-state index is 5.76. The number of nitrogens with two attached hydrogens (primary N) is 1. The van der Waals surface area contributed by atoms with Gasteiger partial charge in [-0.3, -0.25) is 0 Å². The van der Waals surface area contributed by atoms with Crippen molar-refractivity contribution in [3.8, 4) is 0 Å². The molecule has 0 aliphatic rings. The van der Waals surface area contributed by atoms with Crippen LogP contribution in [0.4, 0.5) is 5.82 Å². The molecule has 0 radical (unpaired) electrons. The molecule has 14 heavy (non-hydrogen) atoms. The minimum Gasteiger partial charge on any atom is -0.382 e. The summed E-state index contributed by atoms with van der Waals surface area (Å²) in [6.45, 7) is 2.02. The van der Waals surface area contributed by atoms with Crippen molar-refractivity contribution < 1.29 is 0 Å². The molecule has 0 fully saturated rings. The number of thioether (sulfide) groups is 1. The molecule has 0 spiro atoms. The molecule has 0 amide bonds. The van der Waals surface area contributed by atoms with E-state index in [0.29, 0.717) is 16.6 Å². The maximum Gasteiger partial charge on any atom is 0.191 e.